The van der Waals surface area contributed by atoms with E-state index in [-0.39, 0.29) is 5.56 Å². The average molecular weight is 391 g/mol. The van der Waals surface area contributed by atoms with Crippen molar-refractivity contribution >= 4 is 11.8 Å². The van der Waals surface area contributed by atoms with Crippen LogP contribution in [0.4, 0.5) is 19.3 Å². The number of rotatable bonds is 2. The molecule has 2 heterocycles. The molecule has 1 aliphatic heterocycles. The first-order chi connectivity index (χ1) is 14.0. The predicted molar refractivity (Wildman–Crippen MR) is 103 cm³/mol. The molecule has 3 N–H and O–H groups in total. The normalized spacial score (nSPS) is 17.8. The van der Waals surface area contributed by atoms with Crippen molar-refractivity contribution in [1.82, 2.24) is 10.3 Å². The third kappa shape index (κ3) is 4.17. The average Bonchev–Trinajstić information content (AvgIpc) is 3.08. The number of hydrogen-bond donors (Lipinski definition) is 2. The molecule has 1 saturated heterocycles. The van der Waals surface area contributed by atoms with Gasteiger partial charge in [-0.05, 0) is 42.0 Å². The van der Waals surface area contributed by atoms with Crippen LogP contribution in [0.2, 0.25) is 0 Å². The van der Waals surface area contributed by atoms with Crippen LogP contribution in [0.5, 0.6) is 0 Å². The molecule has 0 bridgehead atoms. The molecule has 0 saturated carbocycles. The molecule has 0 aliphatic carbocycles. The smallest absolute Gasteiger partial charge is 0.408 e. The van der Waals surface area contributed by atoms with Crippen molar-refractivity contribution < 1.29 is 18.3 Å². The van der Waals surface area contributed by atoms with Gasteiger partial charge in [0, 0.05) is 40.8 Å². The number of nitrogens with two attached hydrogens (primary N) is 1. The Morgan fingerprint density at radius 1 is 0.966 bits per heavy atom. The highest BCUT2D eigenvalue weighted by molar-refractivity contribution is 5.71. The van der Waals surface area contributed by atoms with Crippen LogP contribution in [-0.2, 0) is 4.74 Å². The van der Waals surface area contributed by atoms with Crippen molar-refractivity contribution in [1.29, 1.82) is 0 Å². The number of cyclic esters (lactones) is 1. The minimum absolute atomic E-state index is 0.210. The van der Waals surface area contributed by atoms with E-state index in [2.05, 4.69) is 22.1 Å². The number of carbonyl (C=O) groups excluding carboxylic acids is 1. The maximum absolute atomic E-state index is 13.6. The van der Waals surface area contributed by atoms with Crippen LogP contribution in [0, 0.1) is 23.5 Å². The third-order valence-corrected chi connectivity index (χ3v) is 4.38. The van der Waals surface area contributed by atoms with Crippen LogP contribution in [0.1, 0.15) is 34.4 Å². The molecule has 0 unspecified atom stereocenters. The van der Waals surface area contributed by atoms with Gasteiger partial charge in [-0.25, -0.2) is 13.6 Å². The third-order valence-electron chi connectivity index (χ3n) is 4.38. The Hall–Kier alpha value is -3.92. The number of pyridine rings is 1. The lowest BCUT2D eigenvalue weighted by atomic mass is 9.96. The van der Waals surface area contributed by atoms with Crippen LogP contribution in [-0.4, -0.2) is 11.1 Å². The molecule has 3 aromatic rings. The van der Waals surface area contributed by atoms with Crippen LogP contribution >= 0.6 is 0 Å². The highest BCUT2D eigenvalue weighted by atomic mass is 19.1. The van der Waals surface area contributed by atoms with Crippen molar-refractivity contribution in [3.05, 3.63) is 94.8 Å². The van der Waals surface area contributed by atoms with Gasteiger partial charge in [0.2, 0.25) is 0 Å². The molecule has 144 valence electrons. The lowest BCUT2D eigenvalue weighted by Crippen LogP contribution is -2.20. The molecule has 0 radical (unpaired) electrons. The Morgan fingerprint density at radius 2 is 1.72 bits per heavy atom. The maximum Gasteiger partial charge on any atom is 0.408 e. The molecule has 7 heteroatoms. The highest BCUT2D eigenvalue weighted by Crippen LogP contribution is 2.37. The molecule has 29 heavy (non-hydrogen) atoms. The van der Waals surface area contributed by atoms with Gasteiger partial charge in [0.15, 0.2) is 6.10 Å². The second-order valence-electron chi connectivity index (χ2n) is 6.53. The lowest BCUT2D eigenvalue weighted by molar-refractivity contribution is 0.132. The largest absolute Gasteiger partial charge is 0.439 e. The SMILES string of the molecule is Nc1cccc(C#Cc2cncc([C@H]3NC(=O)O[C@@H]3c3cc(F)cc(F)c3)c2)c1. The van der Waals surface area contributed by atoms with E-state index in [1.54, 1.807) is 30.6 Å². The number of nitrogens with zero attached hydrogens (tertiary/aromatic N) is 1. The zero-order valence-electron chi connectivity index (χ0n) is 15.0. The summed E-state index contributed by atoms with van der Waals surface area (Å²) >= 11 is 0. The van der Waals surface area contributed by atoms with Gasteiger partial charge < -0.3 is 15.8 Å². The molecule has 5 nitrogen and oxygen atoms in total. The van der Waals surface area contributed by atoms with Gasteiger partial charge >= 0.3 is 6.09 Å². The molecule has 0 spiro atoms. The van der Waals surface area contributed by atoms with Crippen LogP contribution in [0.15, 0.2) is 60.9 Å². The van der Waals surface area contributed by atoms with Crippen molar-refractivity contribution in [3.63, 3.8) is 0 Å². The predicted octanol–water partition coefficient (Wildman–Crippen LogP) is 3.86. The number of alkyl carbamates (subject to hydrolysis) is 1. The van der Waals surface area contributed by atoms with Gasteiger partial charge in [-0.1, -0.05) is 17.9 Å². The van der Waals surface area contributed by atoms with Gasteiger partial charge in [-0.15, -0.1) is 0 Å². The first-order valence-electron chi connectivity index (χ1n) is 8.73. The molecular formula is C22H15F2N3O2. The van der Waals surface area contributed by atoms with Crippen molar-refractivity contribution in [2.45, 2.75) is 12.1 Å². The van der Waals surface area contributed by atoms with Crippen molar-refractivity contribution in [2.75, 3.05) is 5.73 Å². The number of benzene rings is 2. The Labute approximate surface area is 165 Å². The number of amides is 1. The number of aromatic nitrogens is 1. The van der Waals surface area contributed by atoms with E-state index in [9.17, 15) is 13.6 Å². The molecule has 1 fully saturated rings. The maximum atomic E-state index is 13.6. The van der Waals surface area contributed by atoms with E-state index in [1.807, 2.05) is 12.1 Å². The van der Waals surface area contributed by atoms with Gasteiger partial charge in [-0.2, -0.15) is 0 Å². The summed E-state index contributed by atoms with van der Waals surface area (Å²) in [6.07, 6.45) is 1.55. The van der Waals surface area contributed by atoms with Gasteiger partial charge in [0.1, 0.15) is 17.7 Å². The van der Waals surface area contributed by atoms with E-state index in [0.717, 1.165) is 23.8 Å². The minimum Gasteiger partial charge on any atom is -0.439 e. The summed E-state index contributed by atoms with van der Waals surface area (Å²) in [5, 5.41) is 2.66. The molecule has 2 aromatic carbocycles. The monoisotopic (exact) mass is 391 g/mol. The number of anilines is 1. The Morgan fingerprint density at radius 3 is 2.48 bits per heavy atom. The van der Waals surface area contributed by atoms with Gasteiger partial charge in [0.25, 0.3) is 0 Å². The second kappa shape index (κ2) is 7.60. The summed E-state index contributed by atoms with van der Waals surface area (Å²) in [5.74, 6) is 4.50. The second-order valence-corrected chi connectivity index (χ2v) is 6.53. The summed E-state index contributed by atoms with van der Waals surface area (Å²) in [7, 11) is 0. The standard InChI is InChI=1S/C22H15F2N3O2/c23-17-8-15(9-18(24)10-17)21-20(27-22(28)29-21)16-6-14(11-26-12-16)5-4-13-2-1-3-19(25)7-13/h1-3,6-12,20-21H,25H2,(H,27,28)/t20-,21-/m1/s1. The molecular weight excluding hydrogens is 376 g/mol. The Balaban J connectivity index is 1.65. The zero-order valence-corrected chi connectivity index (χ0v) is 15.0. The van der Waals surface area contributed by atoms with E-state index in [1.165, 1.54) is 0 Å². The number of nitrogens with one attached hydrogen (secondary N) is 1. The van der Waals surface area contributed by atoms with Crippen LogP contribution in [0.25, 0.3) is 0 Å². The molecule has 1 aromatic heterocycles. The van der Waals surface area contributed by atoms with Gasteiger partial charge in [0.05, 0.1) is 0 Å². The molecule has 4 rings (SSSR count). The Bertz CT molecular complexity index is 1130. The number of ether oxygens (including phenoxy) is 1. The first-order valence-corrected chi connectivity index (χ1v) is 8.73. The van der Waals surface area contributed by atoms with Crippen molar-refractivity contribution in [3.8, 4) is 11.8 Å². The fourth-order valence-corrected chi connectivity index (χ4v) is 3.14. The fraction of sp³-hybridized carbons (Fsp3) is 0.0909. The van der Waals surface area contributed by atoms with Gasteiger partial charge in [-0.3, -0.25) is 4.98 Å². The van der Waals surface area contributed by atoms with Crippen LogP contribution < -0.4 is 11.1 Å². The van der Waals surface area contributed by atoms with Crippen LogP contribution in [0.3, 0.4) is 0 Å². The summed E-state index contributed by atoms with van der Waals surface area (Å²) < 4.78 is 32.5. The summed E-state index contributed by atoms with van der Waals surface area (Å²) in [6, 6.07) is 11.3. The molecule has 2 atom stereocenters. The van der Waals surface area contributed by atoms with Crippen molar-refractivity contribution in [2.24, 2.45) is 0 Å². The number of carbonyl (C=O) groups is 1. The molecule has 1 amide bonds. The highest BCUT2D eigenvalue weighted by Gasteiger charge is 2.37. The first kappa shape index (κ1) is 18.4. The number of hydrogen-bond acceptors (Lipinski definition) is 4. The van der Waals surface area contributed by atoms with E-state index >= 15 is 0 Å². The fourth-order valence-electron chi connectivity index (χ4n) is 3.14. The summed E-state index contributed by atoms with van der Waals surface area (Å²) in [5.41, 5.74) is 8.53. The minimum atomic E-state index is -0.897. The van der Waals surface area contributed by atoms with E-state index in [0.29, 0.717) is 16.8 Å². The number of nitrogen functional groups attached to an aromatic ring is 1. The zero-order chi connectivity index (χ0) is 20.4. The molecule has 1 aliphatic rings. The number of halogens is 2. The summed E-state index contributed by atoms with van der Waals surface area (Å²) in [6.45, 7) is 0. The summed E-state index contributed by atoms with van der Waals surface area (Å²) in [4.78, 5) is 16.0. The Kier molecular flexibility index (Phi) is 4.83. The topological polar surface area (TPSA) is 77.2 Å². The lowest BCUT2D eigenvalue weighted by Gasteiger charge is -2.17. The quantitative estimate of drug-likeness (QED) is 0.514. The van der Waals surface area contributed by atoms with E-state index in [4.69, 9.17) is 10.5 Å². The van der Waals surface area contributed by atoms with E-state index < -0.39 is 29.9 Å².